The predicted octanol–water partition coefficient (Wildman–Crippen LogP) is 5.23. The van der Waals surface area contributed by atoms with Crippen LogP contribution in [0, 0.1) is 6.92 Å². The SMILES string of the molecule is Cc1cc(NC(=O)c2cccc(C(F)(F)F)c2)n(-c2ncnc3c2cnn3-c2cccc(Cl)c2)n1. The van der Waals surface area contributed by atoms with Gasteiger partial charge in [0.2, 0.25) is 0 Å². The molecule has 0 aliphatic heterocycles. The number of alkyl halides is 3. The minimum atomic E-state index is -4.57. The van der Waals surface area contributed by atoms with Crippen molar-refractivity contribution < 1.29 is 18.0 Å². The van der Waals surface area contributed by atoms with E-state index >= 15 is 0 Å². The molecule has 0 aliphatic rings. The molecule has 35 heavy (non-hydrogen) atoms. The summed E-state index contributed by atoms with van der Waals surface area (Å²) >= 11 is 6.11. The third-order valence-electron chi connectivity index (χ3n) is 5.12. The second-order valence-electron chi connectivity index (χ2n) is 7.59. The van der Waals surface area contributed by atoms with Crippen LogP contribution in [0.1, 0.15) is 21.6 Å². The van der Waals surface area contributed by atoms with Gasteiger partial charge in [0, 0.05) is 16.7 Å². The van der Waals surface area contributed by atoms with E-state index in [1.807, 2.05) is 6.07 Å². The molecule has 8 nitrogen and oxygen atoms in total. The lowest BCUT2D eigenvalue weighted by Gasteiger charge is -2.11. The van der Waals surface area contributed by atoms with Gasteiger partial charge in [-0.15, -0.1) is 0 Å². The standard InChI is InChI=1S/C23H15ClF3N7O/c1-13-8-19(31-22(35)14-4-2-5-15(9-14)23(25,26)27)34(32-13)21-18-11-30-33(20(18)28-12-29-21)17-7-3-6-16(24)10-17/h2-12H,1H3,(H,31,35). The molecule has 0 atom stereocenters. The van der Waals surface area contributed by atoms with Crippen molar-refractivity contribution in [1.82, 2.24) is 29.5 Å². The summed E-state index contributed by atoms with van der Waals surface area (Å²) in [7, 11) is 0. The first-order valence-electron chi connectivity index (χ1n) is 10.2. The quantitative estimate of drug-likeness (QED) is 0.367. The highest BCUT2D eigenvalue weighted by atomic mass is 35.5. The van der Waals surface area contributed by atoms with E-state index in [1.54, 1.807) is 42.1 Å². The number of anilines is 1. The number of halogens is 4. The lowest BCUT2D eigenvalue weighted by atomic mass is 10.1. The van der Waals surface area contributed by atoms with Crippen LogP contribution in [0.3, 0.4) is 0 Å². The molecule has 0 spiro atoms. The largest absolute Gasteiger partial charge is 0.416 e. The smallest absolute Gasteiger partial charge is 0.306 e. The Hall–Kier alpha value is -4.25. The topological polar surface area (TPSA) is 90.5 Å². The van der Waals surface area contributed by atoms with Crippen molar-refractivity contribution in [3.63, 3.8) is 0 Å². The minimum Gasteiger partial charge on any atom is -0.306 e. The monoisotopic (exact) mass is 497 g/mol. The van der Waals surface area contributed by atoms with E-state index in [1.165, 1.54) is 23.1 Å². The van der Waals surface area contributed by atoms with Gasteiger partial charge in [-0.3, -0.25) is 4.79 Å². The summed E-state index contributed by atoms with van der Waals surface area (Å²) in [5, 5.41) is 12.5. The molecule has 0 bridgehead atoms. The number of hydrogen-bond donors (Lipinski definition) is 1. The zero-order valence-electron chi connectivity index (χ0n) is 18.0. The maximum atomic E-state index is 13.1. The molecule has 3 aromatic heterocycles. The fourth-order valence-electron chi connectivity index (χ4n) is 3.57. The maximum Gasteiger partial charge on any atom is 0.416 e. The third-order valence-corrected chi connectivity index (χ3v) is 5.36. The van der Waals surface area contributed by atoms with Crippen LogP contribution in [0.2, 0.25) is 5.02 Å². The fourth-order valence-corrected chi connectivity index (χ4v) is 3.76. The number of nitrogens with zero attached hydrogens (tertiary/aromatic N) is 6. The number of nitrogens with one attached hydrogen (secondary N) is 1. The normalized spacial score (nSPS) is 11.7. The number of carbonyl (C=O) groups excluding carboxylic acids is 1. The lowest BCUT2D eigenvalue weighted by Crippen LogP contribution is -2.17. The number of fused-ring (bicyclic) bond motifs is 1. The summed E-state index contributed by atoms with van der Waals surface area (Å²) < 4.78 is 42.2. The highest BCUT2D eigenvalue weighted by Crippen LogP contribution is 2.30. The average Bonchev–Trinajstić information content (AvgIpc) is 3.42. The summed E-state index contributed by atoms with van der Waals surface area (Å²) in [6.07, 6.45) is -1.68. The Kier molecular flexibility index (Phi) is 5.48. The van der Waals surface area contributed by atoms with Crippen molar-refractivity contribution in [2.45, 2.75) is 13.1 Å². The van der Waals surface area contributed by atoms with Crippen LogP contribution in [0.25, 0.3) is 22.5 Å². The van der Waals surface area contributed by atoms with E-state index in [-0.39, 0.29) is 11.4 Å². The highest BCUT2D eigenvalue weighted by molar-refractivity contribution is 6.30. The predicted molar refractivity (Wildman–Crippen MR) is 123 cm³/mol. The van der Waals surface area contributed by atoms with Gasteiger partial charge in [0.15, 0.2) is 11.5 Å². The fraction of sp³-hybridized carbons (Fsp3) is 0.0870. The van der Waals surface area contributed by atoms with Gasteiger partial charge in [-0.2, -0.15) is 28.1 Å². The van der Waals surface area contributed by atoms with E-state index in [9.17, 15) is 18.0 Å². The van der Waals surface area contributed by atoms with Gasteiger partial charge in [-0.25, -0.2) is 14.6 Å². The van der Waals surface area contributed by atoms with Gasteiger partial charge in [0.05, 0.1) is 28.5 Å². The number of benzene rings is 2. The first-order valence-corrected chi connectivity index (χ1v) is 10.6. The Labute approximate surface area is 201 Å². The van der Waals surface area contributed by atoms with E-state index in [4.69, 9.17) is 11.6 Å². The molecular weight excluding hydrogens is 483 g/mol. The second kappa shape index (κ2) is 8.51. The van der Waals surface area contributed by atoms with Crippen molar-refractivity contribution >= 4 is 34.4 Å². The van der Waals surface area contributed by atoms with Crippen LogP contribution in [0.15, 0.2) is 67.1 Å². The first kappa shape index (κ1) is 22.5. The van der Waals surface area contributed by atoms with Gasteiger partial charge in [-0.1, -0.05) is 23.7 Å². The summed E-state index contributed by atoms with van der Waals surface area (Å²) in [4.78, 5) is 21.4. The molecule has 1 amide bonds. The van der Waals surface area contributed by atoms with Crippen LogP contribution in [-0.4, -0.2) is 35.4 Å². The molecule has 5 aromatic rings. The highest BCUT2D eigenvalue weighted by Gasteiger charge is 2.31. The van der Waals surface area contributed by atoms with E-state index in [0.29, 0.717) is 33.3 Å². The van der Waals surface area contributed by atoms with Gasteiger partial charge in [0.1, 0.15) is 12.1 Å². The number of aromatic nitrogens is 6. The molecule has 1 N–H and O–H groups in total. The van der Waals surface area contributed by atoms with E-state index < -0.39 is 17.6 Å². The molecular formula is C23H15ClF3N7O. The molecule has 0 saturated carbocycles. The van der Waals surface area contributed by atoms with Gasteiger partial charge in [0.25, 0.3) is 5.91 Å². The van der Waals surface area contributed by atoms with Crippen molar-refractivity contribution in [3.8, 4) is 11.5 Å². The zero-order chi connectivity index (χ0) is 24.7. The zero-order valence-corrected chi connectivity index (χ0v) is 18.7. The number of hydrogen-bond acceptors (Lipinski definition) is 5. The molecule has 0 unspecified atom stereocenters. The van der Waals surface area contributed by atoms with Crippen molar-refractivity contribution in [2.75, 3.05) is 5.32 Å². The Morgan fingerprint density at radius 3 is 2.60 bits per heavy atom. The van der Waals surface area contributed by atoms with E-state index in [0.717, 1.165) is 12.1 Å². The number of rotatable bonds is 4. The van der Waals surface area contributed by atoms with E-state index in [2.05, 4.69) is 25.5 Å². The number of amides is 1. The number of carbonyl (C=O) groups is 1. The lowest BCUT2D eigenvalue weighted by molar-refractivity contribution is -0.137. The molecule has 3 heterocycles. The van der Waals surface area contributed by atoms with Crippen LogP contribution < -0.4 is 5.32 Å². The van der Waals surface area contributed by atoms with Crippen molar-refractivity contribution in [2.24, 2.45) is 0 Å². The molecule has 12 heteroatoms. The Bertz CT molecular complexity index is 1580. The van der Waals surface area contributed by atoms with Crippen LogP contribution >= 0.6 is 11.6 Å². The summed E-state index contributed by atoms with van der Waals surface area (Å²) in [5.41, 5.74) is 0.651. The molecule has 0 fully saturated rings. The van der Waals surface area contributed by atoms with Gasteiger partial charge >= 0.3 is 6.18 Å². The third kappa shape index (κ3) is 4.33. The summed E-state index contributed by atoms with van der Waals surface area (Å²) in [6.45, 7) is 1.71. The Balaban J connectivity index is 1.54. The van der Waals surface area contributed by atoms with Crippen LogP contribution in [0.5, 0.6) is 0 Å². The summed E-state index contributed by atoms with van der Waals surface area (Å²) in [6, 6.07) is 12.8. The average molecular weight is 498 g/mol. The number of aryl methyl sites for hydroxylation is 1. The summed E-state index contributed by atoms with van der Waals surface area (Å²) in [5.74, 6) is -0.173. The molecule has 0 aliphatic carbocycles. The van der Waals surface area contributed by atoms with Crippen molar-refractivity contribution in [3.05, 3.63) is 89.0 Å². The van der Waals surface area contributed by atoms with Gasteiger partial charge < -0.3 is 5.32 Å². The Morgan fingerprint density at radius 1 is 1.03 bits per heavy atom. The molecule has 176 valence electrons. The van der Waals surface area contributed by atoms with Crippen LogP contribution in [0.4, 0.5) is 19.0 Å². The van der Waals surface area contributed by atoms with Crippen molar-refractivity contribution in [1.29, 1.82) is 0 Å². The second-order valence-corrected chi connectivity index (χ2v) is 8.02. The van der Waals surface area contributed by atoms with Gasteiger partial charge in [-0.05, 0) is 43.3 Å². The van der Waals surface area contributed by atoms with Crippen LogP contribution in [-0.2, 0) is 6.18 Å². The maximum absolute atomic E-state index is 13.1. The minimum absolute atomic E-state index is 0.146. The molecule has 0 saturated heterocycles. The molecule has 5 rings (SSSR count). The first-order chi connectivity index (χ1) is 16.7. The molecule has 2 aromatic carbocycles. The molecule has 0 radical (unpaired) electrons. The Morgan fingerprint density at radius 2 is 1.83 bits per heavy atom.